The molecule has 0 fully saturated rings. The van der Waals surface area contributed by atoms with Crippen LogP contribution in [0.3, 0.4) is 0 Å². The summed E-state index contributed by atoms with van der Waals surface area (Å²) in [6, 6.07) is 12.4. The Morgan fingerprint density at radius 1 is 1.19 bits per heavy atom. The number of carbonyl (C=O) groups is 2. The zero-order valence-corrected chi connectivity index (χ0v) is 16.4. The maximum absolute atomic E-state index is 12.4. The van der Waals surface area contributed by atoms with Gasteiger partial charge < -0.3 is 0 Å². The van der Waals surface area contributed by atoms with E-state index in [0.717, 1.165) is 23.8 Å². The molecule has 0 aliphatic heterocycles. The second-order valence-corrected chi connectivity index (χ2v) is 9.50. The van der Waals surface area contributed by atoms with E-state index < -0.39 is 32.2 Å². The number of aromatic hydroxyl groups is 1. The zero-order chi connectivity index (χ0) is 20.0. The molecule has 0 saturated heterocycles. The van der Waals surface area contributed by atoms with E-state index in [-0.39, 0.29) is 22.2 Å². The van der Waals surface area contributed by atoms with E-state index in [1.54, 1.807) is 0 Å². The van der Waals surface area contributed by atoms with Gasteiger partial charge in [0, 0.05) is 0 Å². The Morgan fingerprint density at radius 3 is 2.48 bits per heavy atom. The summed E-state index contributed by atoms with van der Waals surface area (Å²) < 4.78 is 26.9. The van der Waals surface area contributed by atoms with Crippen LogP contribution in [0.2, 0.25) is 0 Å². The van der Waals surface area contributed by atoms with Crippen molar-refractivity contribution in [2.45, 2.75) is 25.9 Å². The number of hydrogen-bond donors (Lipinski definition) is 4. The molecule has 0 bridgehead atoms. The number of carbonyl (C=O) groups excluding carboxylic acids is 2. The first-order chi connectivity index (χ1) is 12.7. The molecule has 1 amide bonds. The van der Waals surface area contributed by atoms with Gasteiger partial charge in [-0.15, -0.1) is 0 Å². The molecule has 0 heterocycles. The number of aliphatic hydroxyl groups is 1. The molecule has 0 aliphatic rings. The fourth-order valence-corrected chi connectivity index (χ4v) is 4.44. The number of amides is 1. The van der Waals surface area contributed by atoms with Crippen molar-refractivity contribution in [3.8, 4) is 5.75 Å². The zero-order valence-electron chi connectivity index (χ0n) is 14.5. The van der Waals surface area contributed by atoms with E-state index in [9.17, 15) is 27.6 Å². The van der Waals surface area contributed by atoms with Gasteiger partial charge in [0.05, 0.1) is 0 Å². The van der Waals surface area contributed by atoms with E-state index in [0.29, 0.717) is 6.42 Å². The van der Waals surface area contributed by atoms with Gasteiger partial charge in [-0.05, 0) is 0 Å². The first kappa shape index (κ1) is 20.8. The van der Waals surface area contributed by atoms with Gasteiger partial charge in [-0.2, -0.15) is 0 Å². The Kier molecular flexibility index (Phi) is 6.85. The van der Waals surface area contributed by atoms with Crippen molar-refractivity contribution in [3.63, 3.8) is 0 Å². The molecule has 27 heavy (non-hydrogen) atoms. The summed E-state index contributed by atoms with van der Waals surface area (Å²) in [6.45, 7) is 1.21. The quantitative estimate of drug-likeness (QED) is 0.365. The van der Waals surface area contributed by atoms with E-state index in [1.165, 1.54) is 6.92 Å². The first-order valence-electron chi connectivity index (χ1n) is 8.08. The Balaban J connectivity index is 2.05. The standard InChI is InChI=1S/C18H20AsNO7/c1-12(21)20-15-11-14(8-10-16(15)22)19(25,26)27-18(24)17(23)9-7-13-5-3-2-4-6-13/h2-6,8,10-11,17,22-23H,7,9H2,1H3,(H,20,21)(H,25,26). The van der Waals surface area contributed by atoms with Gasteiger partial charge in [0.1, 0.15) is 0 Å². The third-order valence-corrected chi connectivity index (χ3v) is 6.50. The second-order valence-electron chi connectivity index (χ2n) is 5.85. The van der Waals surface area contributed by atoms with Crippen molar-refractivity contribution in [1.29, 1.82) is 0 Å². The normalized spacial score (nSPS) is 14.0. The fraction of sp³-hybridized carbons (Fsp3) is 0.222. The minimum absolute atomic E-state index is 0.0331. The van der Waals surface area contributed by atoms with E-state index in [4.69, 9.17) is 0 Å². The van der Waals surface area contributed by atoms with Crippen LogP contribution in [0.5, 0.6) is 5.75 Å². The molecular formula is C18H20AsNO7. The average Bonchev–Trinajstić information content (AvgIpc) is 2.61. The van der Waals surface area contributed by atoms with Crippen molar-refractivity contribution >= 4 is 36.1 Å². The predicted octanol–water partition coefficient (Wildman–Crippen LogP) is 0.456. The Labute approximate surface area is 158 Å². The van der Waals surface area contributed by atoms with Crippen molar-refractivity contribution in [3.05, 3.63) is 54.1 Å². The summed E-state index contributed by atoms with van der Waals surface area (Å²) >= 11 is -5.33. The maximum atomic E-state index is 12.4. The number of phenols is 1. The van der Waals surface area contributed by atoms with Crippen LogP contribution >= 0.6 is 0 Å². The molecule has 0 aromatic heterocycles. The van der Waals surface area contributed by atoms with Crippen LogP contribution < -0.4 is 9.67 Å². The topological polar surface area (TPSA) is 133 Å². The fourth-order valence-electron chi connectivity index (χ4n) is 2.29. The monoisotopic (exact) mass is 437 g/mol. The van der Waals surface area contributed by atoms with Gasteiger partial charge in [-0.1, -0.05) is 0 Å². The van der Waals surface area contributed by atoms with Crippen LogP contribution in [0, 0.1) is 0 Å². The van der Waals surface area contributed by atoms with Crippen molar-refractivity contribution in [2.75, 3.05) is 5.32 Å². The molecule has 0 spiro atoms. The van der Waals surface area contributed by atoms with Crippen molar-refractivity contribution < 1.29 is 31.4 Å². The Morgan fingerprint density at radius 2 is 1.85 bits per heavy atom. The first-order valence-corrected chi connectivity index (χ1v) is 11.4. The molecule has 2 aromatic rings. The van der Waals surface area contributed by atoms with Crippen LogP contribution in [0.1, 0.15) is 18.9 Å². The minimum atomic E-state index is -5.33. The molecule has 144 valence electrons. The summed E-state index contributed by atoms with van der Waals surface area (Å²) in [5, 5.41) is 21.9. The molecular weight excluding hydrogens is 417 g/mol. The van der Waals surface area contributed by atoms with Crippen molar-refractivity contribution in [1.82, 2.24) is 0 Å². The summed E-state index contributed by atoms with van der Waals surface area (Å²) in [7, 11) is 0. The molecule has 4 N–H and O–H groups in total. The van der Waals surface area contributed by atoms with Gasteiger partial charge in [-0.3, -0.25) is 0 Å². The SMILES string of the molecule is CC(=O)Nc1cc([As](=O)(O)OC(=O)C(O)CCc2ccccc2)ccc1O. The Hall–Kier alpha value is -2.54. The summed E-state index contributed by atoms with van der Waals surface area (Å²) in [5.74, 6) is -2.00. The molecule has 2 atom stereocenters. The molecule has 9 heteroatoms. The second kappa shape index (κ2) is 8.90. The summed E-state index contributed by atoms with van der Waals surface area (Å²) in [6.07, 6.45) is -1.13. The van der Waals surface area contributed by atoms with Gasteiger partial charge in [0.15, 0.2) is 0 Å². The number of hydrogen-bond acceptors (Lipinski definition) is 6. The van der Waals surface area contributed by atoms with Crippen LogP contribution in [0.4, 0.5) is 5.69 Å². The van der Waals surface area contributed by atoms with Crippen LogP contribution in [0.25, 0.3) is 0 Å². The van der Waals surface area contributed by atoms with Gasteiger partial charge >= 0.3 is 158 Å². The molecule has 0 radical (unpaired) electrons. The third-order valence-electron chi connectivity index (χ3n) is 3.65. The Bertz CT molecular complexity index is 869. The number of benzene rings is 2. The summed E-state index contributed by atoms with van der Waals surface area (Å²) in [4.78, 5) is 23.1. The van der Waals surface area contributed by atoms with E-state index in [1.807, 2.05) is 30.3 Å². The molecule has 2 unspecified atom stereocenters. The van der Waals surface area contributed by atoms with Crippen LogP contribution in [-0.4, -0.2) is 46.5 Å². The van der Waals surface area contributed by atoms with Gasteiger partial charge in [-0.25, -0.2) is 0 Å². The number of anilines is 1. The number of aryl methyl sites for hydroxylation is 1. The van der Waals surface area contributed by atoms with Gasteiger partial charge in [0.2, 0.25) is 0 Å². The molecule has 2 rings (SSSR count). The van der Waals surface area contributed by atoms with E-state index in [2.05, 4.69) is 9.04 Å². The molecule has 2 aromatic carbocycles. The molecule has 0 aliphatic carbocycles. The molecule has 8 nitrogen and oxygen atoms in total. The number of aliphatic hydroxyl groups excluding tert-OH is 1. The number of nitrogens with one attached hydrogen (secondary N) is 1. The number of phenolic OH excluding ortho intramolecular Hbond substituents is 1. The predicted molar refractivity (Wildman–Crippen MR) is 97.6 cm³/mol. The van der Waals surface area contributed by atoms with Crippen LogP contribution in [0.15, 0.2) is 48.5 Å². The third kappa shape index (κ3) is 5.99. The van der Waals surface area contributed by atoms with E-state index >= 15 is 0 Å². The molecule has 0 saturated carbocycles. The number of rotatable bonds is 7. The van der Waals surface area contributed by atoms with Crippen molar-refractivity contribution in [2.24, 2.45) is 0 Å². The van der Waals surface area contributed by atoms with Crippen LogP contribution in [-0.2, 0) is 23.5 Å². The summed E-state index contributed by atoms with van der Waals surface area (Å²) in [5.41, 5.74) is 0.816. The average molecular weight is 437 g/mol. The van der Waals surface area contributed by atoms with Gasteiger partial charge in [0.25, 0.3) is 0 Å².